The van der Waals surface area contributed by atoms with Crippen LogP contribution in [0, 0.1) is 5.82 Å². The molecule has 1 aliphatic heterocycles. The second kappa shape index (κ2) is 6.89. The summed E-state index contributed by atoms with van der Waals surface area (Å²) in [6, 6.07) is 3.74. The van der Waals surface area contributed by atoms with Gasteiger partial charge in [-0.15, -0.1) is 0 Å². The van der Waals surface area contributed by atoms with Gasteiger partial charge in [0.15, 0.2) is 0 Å². The van der Waals surface area contributed by atoms with E-state index in [-0.39, 0.29) is 5.46 Å². The molecule has 1 heterocycles. The minimum Gasteiger partial charge on any atom is -0.494 e. The summed E-state index contributed by atoms with van der Waals surface area (Å²) in [6.45, 7) is 1.30. The number of rotatable bonds is 6. The first-order valence-electron chi connectivity index (χ1n) is 6.56. The molecule has 1 saturated heterocycles. The van der Waals surface area contributed by atoms with Crippen LogP contribution in [0.5, 0.6) is 5.75 Å². The highest BCUT2D eigenvalue weighted by atomic mass is 19.1. The first-order chi connectivity index (χ1) is 9.15. The Morgan fingerprint density at radius 1 is 1.37 bits per heavy atom. The molecule has 1 aliphatic rings. The highest BCUT2D eigenvalue weighted by Crippen LogP contribution is 2.17. The average molecular weight is 268 g/mol. The molecule has 0 spiro atoms. The van der Waals surface area contributed by atoms with E-state index < -0.39 is 12.9 Å². The fraction of sp³-hybridized carbons (Fsp3) is 0.538. The molecule has 6 heteroatoms. The van der Waals surface area contributed by atoms with Gasteiger partial charge in [0.25, 0.3) is 0 Å². The Labute approximate surface area is 112 Å². The first kappa shape index (κ1) is 14.3. The molecule has 19 heavy (non-hydrogen) atoms. The SMILES string of the molecule is OB(O)c1cc(F)cc(OCCCC2CCCO2)c1. The lowest BCUT2D eigenvalue weighted by Crippen LogP contribution is -2.30. The number of benzene rings is 1. The van der Waals surface area contributed by atoms with Crippen molar-refractivity contribution in [2.45, 2.75) is 31.8 Å². The monoisotopic (exact) mass is 268 g/mol. The van der Waals surface area contributed by atoms with E-state index in [4.69, 9.17) is 19.5 Å². The van der Waals surface area contributed by atoms with Crippen molar-refractivity contribution in [1.82, 2.24) is 0 Å². The van der Waals surface area contributed by atoms with Gasteiger partial charge in [0.2, 0.25) is 0 Å². The molecule has 1 unspecified atom stereocenters. The molecule has 0 amide bonds. The van der Waals surface area contributed by atoms with E-state index in [0.29, 0.717) is 18.5 Å². The minimum absolute atomic E-state index is 0.0918. The predicted molar refractivity (Wildman–Crippen MR) is 69.9 cm³/mol. The maximum absolute atomic E-state index is 13.2. The summed E-state index contributed by atoms with van der Waals surface area (Å²) in [4.78, 5) is 0. The Morgan fingerprint density at radius 2 is 2.21 bits per heavy atom. The van der Waals surface area contributed by atoms with E-state index >= 15 is 0 Å². The van der Waals surface area contributed by atoms with Crippen LogP contribution in [0.1, 0.15) is 25.7 Å². The van der Waals surface area contributed by atoms with Gasteiger partial charge in [0, 0.05) is 12.7 Å². The molecular formula is C13H18BFO4. The van der Waals surface area contributed by atoms with Gasteiger partial charge >= 0.3 is 7.12 Å². The third-order valence-corrected chi connectivity index (χ3v) is 3.15. The lowest BCUT2D eigenvalue weighted by Gasteiger charge is -2.11. The summed E-state index contributed by atoms with van der Waals surface area (Å²) in [7, 11) is -1.69. The molecule has 0 bridgehead atoms. The van der Waals surface area contributed by atoms with Crippen molar-refractivity contribution in [3.05, 3.63) is 24.0 Å². The fourth-order valence-corrected chi connectivity index (χ4v) is 2.19. The van der Waals surface area contributed by atoms with Crippen molar-refractivity contribution in [3.8, 4) is 5.75 Å². The van der Waals surface area contributed by atoms with Gasteiger partial charge in [-0.05, 0) is 43.3 Å². The molecule has 1 fully saturated rings. The molecule has 0 aromatic heterocycles. The zero-order valence-corrected chi connectivity index (χ0v) is 10.7. The third kappa shape index (κ3) is 4.49. The second-order valence-corrected chi connectivity index (χ2v) is 4.72. The van der Waals surface area contributed by atoms with Crippen molar-refractivity contribution >= 4 is 12.6 Å². The summed E-state index contributed by atoms with van der Waals surface area (Å²) in [6.07, 6.45) is 4.31. The molecule has 1 atom stereocenters. The standard InChI is InChI=1S/C13H18BFO4/c15-11-7-10(14(16)17)8-13(9-11)19-6-2-4-12-3-1-5-18-12/h7-9,12,16-17H,1-6H2. The highest BCUT2D eigenvalue weighted by molar-refractivity contribution is 6.58. The maximum Gasteiger partial charge on any atom is 0.488 e. The van der Waals surface area contributed by atoms with E-state index in [9.17, 15) is 4.39 Å². The van der Waals surface area contributed by atoms with Crippen LogP contribution in [-0.4, -0.2) is 36.5 Å². The summed E-state index contributed by atoms with van der Waals surface area (Å²) in [5.74, 6) is -0.227. The lowest BCUT2D eigenvalue weighted by atomic mass is 9.80. The molecule has 2 N–H and O–H groups in total. The van der Waals surface area contributed by atoms with Crippen LogP contribution < -0.4 is 10.2 Å². The van der Waals surface area contributed by atoms with Gasteiger partial charge in [-0.2, -0.15) is 0 Å². The Hall–Kier alpha value is -1.11. The Bertz CT molecular complexity index is 408. The topological polar surface area (TPSA) is 58.9 Å². The van der Waals surface area contributed by atoms with Gasteiger partial charge in [0.1, 0.15) is 11.6 Å². The Kier molecular flexibility index (Phi) is 5.19. The summed E-state index contributed by atoms with van der Waals surface area (Å²) < 4.78 is 24.1. The lowest BCUT2D eigenvalue weighted by molar-refractivity contribution is 0.0981. The van der Waals surface area contributed by atoms with Crippen molar-refractivity contribution in [2.24, 2.45) is 0 Å². The molecule has 1 aromatic carbocycles. The molecular weight excluding hydrogens is 250 g/mol. The van der Waals surface area contributed by atoms with Crippen LogP contribution in [0.15, 0.2) is 18.2 Å². The normalized spacial score (nSPS) is 18.6. The molecule has 1 aromatic rings. The zero-order chi connectivity index (χ0) is 13.7. The van der Waals surface area contributed by atoms with Crippen molar-refractivity contribution < 1.29 is 23.9 Å². The first-order valence-corrected chi connectivity index (χ1v) is 6.56. The highest BCUT2D eigenvalue weighted by Gasteiger charge is 2.15. The van der Waals surface area contributed by atoms with Crippen molar-refractivity contribution in [1.29, 1.82) is 0 Å². The van der Waals surface area contributed by atoms with Crippen LogP contribution in [-0.2, 0) is 4.74 Å². The van der Waals surface area contributed by atoms with Gasteiger partial charge in [-0.3, -0.25) is 0 Å². The Morgan fingerprint density at radius 3 is 2.89 bits per heavy atom. The van der Waals surface area contributed by atoms with Gasteiger partial charge in [-0.25, -0.2) is 4.39 Å². The van der Waals surface area contributed by atoms with Crippen LogP contribution in [0.3, 0.4) is 0 Å². The van der Waals surface area contributed by atoms with Crippen molar-refractivity contribution in [2.75, 3.05) is 13.2 Å². The van der Waals surface area contributed by atoms with E-state index in [1.807, 2.05) is 0 Å². The molecule has 104 valence electrons. The second-order valence-electron chi connectivity index (χ2n) is 4.72. The molecule has 0 aliphatic carbocycles. The largest absolute Gasteiger partial charge is 0.494 e. The molecule has 0 radical (unpaired) electrons. The fourth-order valence-electron chi connectivity index (χ4n) is 2.19. The van der Waals surface area contributed by atoms with E-state index in [1.165, 1.54) is 12.1 Å². The average Bonchev–Trinajstić information content (AvgIpc) is 2.87. The number of hydrogen-bond acceptors (Lipinski definition) is 4. The summed E-state index contributed by atoms with van der Waals surface area (Å²) in [5, 5.41) is 18.0. The van der Waals surface area contributed by atoms with E-state index in [0.717, 1.165) is 38.4 Å². The summed E-state index contributed by atoms with van der Waals surface area (Å²) in [5.41, 5.74) is 0.0918. The van der Waals surface area contributed by atoms with Gasteiger partial charge < -0.3 is 19.5 Å². The van der Waals surface area contributed by atoms with Gasteiger partial charge in [0.05, 0.1) is 12.7 Å². The number of hydrogen-bond donors (Lipinski definition) is 2. The Balaban J connectivity index is 1.78. The quantitative estimate of drug-likeness (QED) is 0.593. The predicted octanol–water partition coefficient (Wildman–Crippen LogP) is 0.843. The molecule has 4 nitrogen and oxygen atoms in total. The van der Waals surface area contributed by atoms with Crippen LogP contribution in [0.25, 0.3) is 0 Å². The van der Waals surface area contributed by atoms with Crippen LogP contribution in [0.4, 0.5) is 4.39 Å². The zero-order valence-electron chi connectivity index (χ0n) is 10.7. The van der Waals surface area contributed by atoms with E-state index in [1.54, 1.807) is 0 Å². The number of ether oxygens (including phenoxy) is 2. The third-order valence-electron chi connectivity index (χ3n) is 3.15. The smallest absolute Gasteiger partial charge is 0.488 e. The molecule has 0 saturated carbocycles. The maximum atomic E-state index is 13.2. The minimum atomic E-state index is -1.69. The molecule has 2 rings (SSSR count). The summed E-state index contributed by atoms with van der Waals surface area (Å²) >= 11 is 0. The van der Waals surface area contributed by atoms with Crippen LogP contribution >= 0.6 is 0 Å². The van der Waals surface area contributed by atoms with Crippen molar-refractivity contribution in [3.63, 3.8) is 0 Å². The van der Waals surface area contributed by atoms with E-state index in [2.05, 4.69) is 0 Å². The van der Waals surface area contributed by atoms with Gasteiger partial charge in [-0.1, -0.05) is 0 Å². The number of halogens is 1. The van der Waals surface area contributed by atoms with Crippen LogP contribution in [0.2, 0.25) is 0 Å².